The van der Waals surface area contributed by atoms with E-state index in [1.165, 1.54) is 56.9 Å². The van der Waals surface area contributed by atoms with Crippen molar-refractivity contribution in [1.82, 2.24) is 4.98 Å². The molecule has 2 rings (SSSR count). The fraction of sp³-hybridized carbons (Fsp3) is 0.533. The first-order valence-corrected chi connectivity index (χ1v) is 6.52. The molecule has 0 spiro atoms. The summed E-state index contributed by atoms with van der Waals surface area (Å²) in [5.74, 6) is 0. The van der Waals surface area contributed by atoms with Crippen LogP contribution in [-0.2, 0) is 6.42 Å². The molecule has 0 saturated carbocycles. The Morgan fingerprint density at radius 2 is 1.81 bits per heavy atom. The molecule has 86 valence electrons. The van der Waals surface area contributed by atoms with Gasteiger partial charge >= 0.3 is 0 Å². The summed E-state index contributed by atoms with van der Waals surface area (Å²) in [6.45, 7) is 0. The number of nitrogens with zero attached hydrogens (tertiary/aromatic N) is 1. The minimum atomic E-state index is 1.20. The van der Waals surface area contributed by atoms with Crippen LogP contribution in [-0.4, -0.2) is 4.98 Å². The van der Waals surface area contributed by atoms with E-state index in [1.807, 2.05) is 12.4 Å². The molecule has 1 aromatic rings. The molecule has 0 bridgehead atoms. The summed E-state index contributed by atoms with van der Waals surface area (Å²) >= 11 is 0. The van der Waals surface area contributed by atoms with E-state index < -0.39 is 0 Å². The lowest BCUT2D eigenvalue weighted by molar-refractivity contribution is 0.643. The Hall–Kier alpha value is -1.11. The summed E-state index contributed by atoms with van der Waals surface area (Å²) < 4.78 is 0. The molecule has 1 heterocycles. The van der Waals surface area contributed by atoms with E-state index >= 15 is 0 Å². The van der Waals surface area contributed by atoms with Gasteiger partial charge in [0.2, 0.25) is 0 Å². The molecule has 1 aliphatic rings. The second kappa shape index (κ2) is 6.47. The predicted octanol–water partition coefficient (Wildman–Crippen LogP) is 4.29. The van der Waals surface area contributed by atoms with Crippen molar-refractivity contribution in [2.45, 2.75) is 51.4 Å². The second-order valence-corrected chi connectivity index (χ2v) is 4.67. The molecule has 0 radical (unpaired) electrons. The summed E-state index contributed by atoms with van der Waals surface area (Å²) in [4.78, 5) is 4.04. The van der Waals surface area contributed by atoms with Gasteiger partial charge in [-0.15, -0.1) is 0 Å². The van der Waals surface area contributed by atoms with Crippen LogP contribution in [0.3, 0.4) is 0 Å². The summed E-state index contributed by atoms with van der Waals surface area (Å²) in [6, 6.07) is 4.25. The van der Waals surface area contributed by atoms with Gasteiger partial charge < -0.3 is 0 Å². The minimum absolute atomic E-state index is 1.20. The third kappa shape index (κ3) is 3.80. The highest BCUT2D eigenvalue weighted by atomic mass is 14.6. The molecule has 0 N–H and O–H groups in total. The van der Waals surface area contributed by atoms with Crippen LogP contribution in [0, 0.1) is 0 Å². The Bertz CT molecular complexity index is 327. The summed E-state index contributed by atoms with van der Waals surface area (Å²) in [5, 5.41) is 0. The number of hydrogen-bond acceptors (Lipinski definition) is 1. The van der Waals surface area contributed by atoms with E-state index in [0.717, 1.165) is 0 Å². The van der Waals surface area contributed by atoms with E-state index in [2.05, 4.69) is 23.2 Å². The first-order chi connectivity index (χ1) is 7.95. The van der Waals surface area contributed by atoms with Crippen LogP contribution in [0.4, 0.5) is 0 Å². The second-order valence-electron chi connectivity index (χ2n) is 4.67. The Labute approximate surface area is 98.6 Å². The van der Waals surface area contributed by atoms with Crippen molar-refractivity contribution in [3.05, 3.63) is 41.7 Å². The third-order valence-corrected chi connectivity index (χ3v) is 3.35. The average Bonchev–Trinajstić information content (AvgIpc) is 2.37. The SMILES string of the molecule is C1=C(CCCCc2ccncc2)CCCC1. The molecule has 0 saturated heterocycles. The van der Waals surface area contributed by atoms with Crippen LogP contribution < -0.4 is 0 Å². The van der Waals surface area contributed by atoms with Gasteiger partial charge in [-0.05, 0) is 69.1 Å². The molecule has 0 unspecified atom stereocenters. The van der Waals surface area contributed by atoms with Crippen molar-refractivity contribution in [2.75, 3.05) is 0 Å². The zero-order valence-electron chi connectivity index (χ0n) is 9.99. The van der Waals surface area contributed by atoms with Gasteiger partial charge in [-0.25, -0.2) is 0 Å². The molecule has 1 nitrogen and oxygen atoms in total. The van der Waals surface area contributed by atoms with Crippen LogP contribution >= 0.6 is 0 Å². The molecular weight excluding hydrogens is 194 g/mol. The Morgan fingerprint density at radius 1 is 1.00 bits per heavy atom. The highest BCUT2D eigenvalue weighted by molar-refractivity contribution is 5.10. The first-order valence-electron chi connectivity index (χ1n) is 6.52. The summed E-state index contributed by atoms with van der Waals surface area (Å²) in [6.07, 6.45) is 16.9. The lowest BCUT2D eigenvalue weighted by Gasteiger charge is -2.12. The molecular formula is C15H21N. The van der Waals surface area contributed by atoms with E-state index in [4.69, 9.17) is 0 Å². The first kappa shape index (κ1) is 11.4. The van der Waals surface area contributed by atoms with E-state index in [0.29, 0.717) is 0 Å². The summed E-state index contributed by atoms with van der Waals surface area (Å²) in [5.41, 5.74) is 3.13. The van der Waals surface area contributed by atoms with Crippen LogP contribution in [0.1, 0.15) is 50.5 Å². The molecule has 0 fully saturated rings. The van der Waals surface area contributed by atoms with Gasteiger partial charge in [0.1, 0.15) is 0 Å². The monoisotopic (exact) mass is 215 g/mol. The van der Waals surface area contributed by atoms with Crippen molar-refractivity contribution >= 4 is 0 Å². The van der Waals surface area contributed by atoms with Gasteiger partial charge in [-0.2, -0.15) is 0 Å². The van der Waals surface area contributed by atoms with Crippen molar-refractivity contribution < 1.29 is 0 Å². The zero-order chi connectivity index (χ0) is 11.1. The number of rotatable bonds is 5. The zero-order valence-corrected chi connectivity index (χ0v) is 9.99. The number of allylic oxidation sites excluding steroid dienone is 2. The predicted molar refractivity (Wildman–Crippen MR) is 68.3 cm³/mol. The van der Waals surface area contributed by atoms with E-state index in [1.54, 1.807) is 5.57 Å². The fourth-order valence-corrected chi connectivity index (χ4v) is 2.36. The number of unbranched alkanes of at least 4 members (excludes halogenated alkanes) is 1. The molecule has 0 atom stereocenters. The maximum absolute atomic E-state index is 4.04. The highest BCUT2D eigenvalue weighted by Gasteiger charge is 2.02. The molecule has 0 aromatic carbocycles. The maximum Gasteiger partial charge on any atom is 0.0270 e. The van der Waals surface area contributed by atoms with Crippen LogP contribution in [0.15, 0.2) is 36.2 Å². The number of aromatic nitrogens is 1. The van der Waals surface area contributed by atoms with Crippen molar-refractivity contribution in [1.29, 1.82) is 0 Å². The topological polar surface area (TPSA) is 12.9 Å². The third-order valence-electron chi connectivity index (χ3n) is 3.35. The average molecular weight is 215 g/mol. The van der Waals surface area contributed by atoms with Gasteiger partial charge in [0.05, 0.1) is 0 Å². The lowest BCUT2D eigenvalue weighted by Crippen LogP contribution is -1.93. The minimum Gasteiger partial charge on any atom is -0.265 e. The largest absolute Gasteiger partial charge is 0.265 e. The molecule has 16 heavy (non-hydrogen) atoms. The Kier molecular flexibility index (Phi) is 4.60. The van der Waals surface area contributed by atoms with Gasteiger partial charge in [0.25, 0.3) is 0 Å². The molecule has 0 amide bonds. The maximum atomic E-state index is 4.04. The Balaban J connectivity index is 1.63. The van der Waals surface area contributed by atoms with Gasteiger partial charge in [-0.3, -0.25) is 4.98 Å². The van der Waals surface area contributed by atoms with Crippen molar-refractivity contribution in [3.63, 3.8) is 0 Å². The molecule has 0 aliphatic heterocycles. The molecule has 1 aromatic heterocycles. The van der Waals surface area contributed by atoms with Gasteiger partial charge in [0, 0.05) is 12.4 Å². The molecule has 1 aliphatic carbocycles. The summed E-state index contributed by atoms with van der Waals surface area (Å²) in [7, 11) is 0. The van der Waals surface area contributed by atoms with Crippen molar-refractivity contribution in [3.8, 4) is 0 Å². The number of aryl methyl sites for hydroxylation is 1. The van der Waals surface area contributed by atoms with Crippen LogP contribution in [0.5, 0.6) is 0 Å². The van der Waals surface area contributed by atoms with E-state index in [9.17, 15) is 0 Å². The lowest BCUT2D eigenvalue weighted by atomic mass is 9.95. The fourth-order valence-electron chi connectivity index (χ4n) is 2.36. The van der Waals surface area contributed by atoms with Gasteiger partial charge in [-0.1, -0.05) is 11.6 Å². The van der Waals surface area contributed by atoms with Crippen molar-refractivity contribution in [2.24, 2.45) is 0 Å². The van der Waals surface area contributed by atoms with Crippen LogP contribution in [0.25, 0.3) is 0 Å². The van der Waals surface area contributed by atoms with Crippen LogP contribution in [0.2, 0.25) is 0 Å². The smallest absolute Gasteiger partial charge is 0.0270 e. The van der Waals surface area contributed by atoms with Gasteiger partial charge in [0.15, 0.2) is 0 Å². The number of hydrogen-bond donors (Lipinski definition) is 0. The molecule has 1 heteroatoms. The quantitative estimate of drug-likeness (QED) is 0.527. The highest BCUT2D eigenvalue weighted by Crippen LogP contribution is 2.22. The Morgan fingerprint density at radius 3 is 2.56 bits per heavy atom. The normalized spacial score (nSPS) is 15.9. The van der Waals surface area contributed by atoms with E-state index in [-0.39, 0.29) is 0 Å². The number of pyridine rings is 1. The standard InChI is InChI=1S/C15H21N/c1-2-6-14(7-3-1)8-4-5-9-15-10-12-16-13-11-15/h6,10-13H,1-5,7-9H2.